The van der Waals surface area contributed by atoms with Crippen LogP contribution in [-0.2, 0) is 6.61 Å². The number of carbonyl (C=O) groups excluding carboxylic acids is 1. The molecule has 1 heterocycles. The molecule has 1 N–H and O–H groups in total. The van der Waals surface area contributed by atoms with Crippen molar-refractivity contribution in [3.8, 4) is 5.75 Å². The van der Waals surface area contributed by atoms with Crippen LogP contribution < -0.4 is 10.1 Å². The number of ether oxygens (including phenoxy) is 1. The average Bonchev–Trinajstić information content (AvgIpc) is 3.29. The van der Waals surface area contributed by atoms with Crippen LogP contribution in [0.15, 0.2) is 99.1 Å². The molecule has 0 aliphatic rings. The molecule has 0 bridgehead atoms. The quantitative estimate of drug-likeness (QED) is 0.219. The van der Waals surface area contributed by atoms with E-state index < -0.39 is 10.8 Å². The lowest BCUT2D eigenvalue weighted by Crippen LogP contribution is -2.11. The fourth-order valence-corrected chi connectivity index (χ4v) is 4.06. The highest BCUT2D eigenvalue weighted by molar-refractivity contribution is 7.99. The predicted octanol–water partition coefficient (Wildman–Crippen LogP) is 6.82. The molecule has 0 saturated carbocycles. The van der Waals surface area contributed by atoms with Crippen molar-refractivity contribution < 1.29 is 18.9 Å². The molecule has 4 rings (SSSR count). The van der Waals surface area contributed by atoms with Crippen molar-refractivity contribution in [2.75, 3.05) is 5.32 Å². The molecule has 0 saturated heterocycles. The van der Waals surface area contributed by atoms with Crippen LogP contribution in [-0.4, -0.2) is 10.8 Å². The third-order valence-electron chi connectivity index (χ3n) is 4.49. The van der Waals surface area contributed by atoms with Crippen molar-refractivity contribution in [3.63, 3.8) is 0 Å². The van der Waals surface area contributed by atoms with E-state index >= 15 is 0 Å². The van der Waals surface area contributed by atoms with Gasteiger partial charge in [-0.1, -0.05) is 53.7 Å². The number of amides is 1. The highest BCUT2D eigenvalue weighted by Crippen LogP contribution is 2.33. The lowest BCUT2D eigenvalue weighted by molar-refractivity contribution is -0.384. The van der Waals surface area contributed by atoms with Gasteiger partial charge < -0.3 is 14.5 Å². The Bertz CT molecular complexity index is 1290. The Labute approximate surface area is 198 Å². The number of furan rings is 1. The molecule has 33 heavy (non-hydrogen) atoms. The molecule has 4 aromatic rings. The first kappa shape index (κ1) is 22.4. The van der Waals surface area contributed by atoms with Crippen molar-refractivity contribution >= 4 is 40.6 Å². The molecule has 166 valence electrons. The van der Waals surface area contributed by atoms with Crippen molar-refractivity contribution in [3.05, 3.63) is 112 Å². The molecule has 1 aromatic heterocycles. The fourth-order valence-electron chi connectivity index (χ4n) is 2.91. The zero-order valence-electron chi connectivity index (χ0n) is 17.1. The minimum Gasteiger partial charge on any atom is -0.484 e. The number of nitro groups is 1. The number of carbonyl (C=O) groups is 1. The second-order valence-corrected chi connectivity index (χ2v) is 8.31. The summed E-state index contributed by atoms with van der Waals surface area (Å²) >= 11 is 7.58. The van der Waals surface area contributed by atoms with Gasteiger partial charge in [0.1, 0.15) is 18.1 Å². The van der Waals surface area contributed by atoms with Crippen LogP contribution >= 0.6 is 23.4 Å². The molecule has 0 fully saturated rings. The number of nitro benzene ring substituents is 1. The second kappa shape index (κ2) is 10.2. The summed E-state index contributed by atoms with van der Waals surface area (Å²) in [7, 11) is 0. The number of hydrogen-bond acceptors (Lipinski definition) is 6. The minimum atomic E-state index is -0.538. The zero-order valence-corrected chi connectivity index (χ0v) is 18.6. The van der Waals surface area contributed by atoms with E-state index in [9.17, 15) is 14.9 Å². The van der Waals surface area contributed by atoms with E-state index in [1.54, 1.807) is 23.9 Å². The van der Waals surface area contributed by atoms with Crippen molar-refractivity contribution in [2.45, 2.75) is 16.4 Å². The van der Waals surface area contributed by atoms with Gasteiger partial charge in [0.2, 0.25) is 0 Å². The Morgan fingerprint density at radius 3 is 2.55 bits per heavy atom. The van der Waals surface area contributed by atoms with E-state index in [4.69, 9.17) is 20.8 Å². The Balaban J connectivity index is 1.40. The molecular weight excluding hydrogens is 464 g/mol. The SMILES string of the molecule is O=C(Nc1ccccc1Sc1ccccc1)c1ccc(COc2ccc([N+](=O)[O-])cc2Cl)o1. The smallest absolute Gasteiger partial charge is 0.291 e. The summed E-state index contributed by atoms with van der Waals surface area (Å²) in [5, 5.41) is 13.8. The van der Waals surface area contributed by atoms with Gasteiger partial charge in [-0.3, -0.25) is 14.9 Å². The van der Waals surface area contributed by atoms with Crippen LogP contribution in [0, 0.1) is 10.1 Å². The Kier molecular flexibility index (Phi) is 6.97. The average molecular weight is 481 g/mol. The van der Waals surface area contributed by atoms with Gasteiger partial charge in [0.15, 0.2) is 5.76 Å². The fraction of sp³-hybridized carbons (Fsp3) is 0.0417. The van der Waals surface area contributed by atoms with Gasteiger partial charge >= 0.3 is 0 Å². The number of rotatable bonds is 8. The summed E-state index contributed by atoms with van der Waals surface area (Å²) < 4.78 is 11.2. The van der Waals surface area contributed by atoms with Crippen molar-refractivity contribution in [1.29, 1.82) is 0 Å². The van der Waals surface area contributed by atoms with Crippen LogP contribution in [0.3, 0.4) is 0 Å². The van der Waals surface area contributed by atoms with E-state index in [1.165, 1.54) is 18.2 Å². The molecule has 9 heteroatoms. The van der Waals surface area contributed by atoms with Crippen molar-refractivity contribution in [2.24, 2.45) is 0 Å². The monoisotopic (exact) mass is 480 g/mol. The molecule has 3 aromatic carbocycles. The number of halogens is 1. The summed E-state index contributed by atoms with van der Waals surface area (Å²) in [5.74, 6) is 0.414. The molecule has 0 spiro atoms. The minimum absolute atomic E-state index is 0.00522. The van der Waals surface area contributed by atoms with Crippen LogP contribution in [0.2, 0.25) is 5.02 Å². The second-order valence-electron chi connectivity index (χ2n) is 6.79. The third kappa shape index (κ3) is 5.74. The maximum atomic E-state index is 12.7. The van der Waals surface area contributed by atoms with Gasteiger partial charge in [-0.25, -0.2) is 0 Å². The summed E-state index contributed by atoms with van der Waals surface area (Å²) in [6.07, 6.45) is 0. The van der Waals surface area contributed by atoms with Gasteiger partial charge in [0, 0.05) is 21.9 Å². The molecule has 0 aliphatic carbocycles. The van der Waals surface area contributed by atoms with Crippen molar-refractivity contribution in [1.82, 2.24) is 0 Å². The lowest BCUT2D eigenvalue weighted by Gasteiger charge is -2.10. The number of nitrogens with zero attached hydrogens (tertiary/aromatic N) is 1. The van der Waals surface area contributed by atoms with Gasteiger partial charge in [-0.05, 0) is 42.5 Å². The first-order valence-corrected chi connectivity index (χ1v) is 11.0. The molecule has 0 atom stereocenters. The Morgan fingerprint density at radius 2 is 1.79 bits per heavy atom. The Morgan fingerprint density at radius 1 is 1.03 bits per heavy atom. The number of para-hydroxylation sites is 1. The number of nitrogens with one attached hydrogen (secondary N) is 1. The Hall–Kier alpha value is -3.75. The highest BCUT2D eigenvalue weighted by Gasteiger charge is 2.15. The number of anilines is 1. The van der Waals surface area contributed by atoms with E-state index in [2.05, 4.69) is 5.32 Å². The van der Waals surface area contributed by atoms with Crippen LogP contribution in [0.25, 0.3) is 0 Å². The molecule has 0 radical (unpaired) electrons. The summed E-state index contributed by atoms with van der Waals surface area (Å²) in [4.78, 5) is 24.9. The number of hydrogen-bond donors (Lipinski definition) is 1. The summed E-state index contributed by atoms with van der Waals surface area (Å²) in [6.45, 7) is 0.00522. The summed E-state index contributed by atoms with van der Waals surface area (Å²) in [6, 6.07) is 24.5. The third-order valence-corrected chi connectivity index (χ3v) is 5.87. The van der Waals surface area contributed by atoms with Gasteiger partial charge in [0.25, 0.3) is 11.6 Å². The first-order chi connectivity index (χ1) is 16.0. The standard InChI is InChI=1S/C24H17ClN2O5S/c25-19-14-16(27(29)30)10-12-21(19)31-15-17-11-13-22(32-17)24(28)26-20-8-4-5-9-23(20)33-18-6-2-1-3-7-18/h1-14H,15H2,(H,26,28). The summed E-state index contributed by atoms with van der Waals surface area (Å²) in [5.41, 5.74) is 0.540. The molecule has 7 nitrogen and oxygen atoms in total. The maximum absolute atomic E-state index is 12.7. The van der Waals surface area contributed by atoms with Gasteiger partial charge in [0.05, 0.1) is 15.6 Å². The number of non-ortho nitro benzene ring substituents is 1. The van der Waals surface area contributed by atoms with E-state index in [1.807, 2.05) is 54.6 Å². The largest absolute Gasteiger partial charge is 0.484 e. The van der Waals surface area contributed by atoms with Gasteiger partial charge in [-0.15, -0.1) is 0 Å². The molecule has 0 unspecified atom stereocenters. The molecule has 1 amide bonds. The maximum Gasteiger partial charge on any atom is 0.291 e. The predicted molar refractivity (Wildman–Crippen MR) is 126 cm³/mol. The van der Waals surface area contributed by atoms with E-state index in [0.717, 1.165) is 9.79 Å². The van der Waals surface area contributed by atoms with Crippen LogP contribution in [0.4, 0.5) is 11.4 Å². The molecular formula is C24H17ClN2O5S. The van der Waals surface area contributed by atoms with Gasteiger partial charge in [-0.2, -0.15) is 0 Å². The topological polar surface area (TPSA) is 94.6 Å². The first-order valence-electron chi connectivity index (χ1n) is 9.78. The number of benzene rings is 3. The zero-order chi connectivity index (χ0) is 23.2. The molecule has 0 aliphatic heterocycles. The van der Waals surface area contributed by atoms with E-state index in [-0.39, 0.29) is 28.8 Å². The van der Waals surface area contributed by atoms with Crippen LogP contribution in [0.5, 0.6) is 5.75 Å². The van der Waals surface area contributed by atoms with Crippen LogP contribution in [0.1, 0.15) is 16.3 Å². The highest BCUT2D eigenvalue weighted by atomic mass is 35.5. The lowest BCUT2D eigenvalue weighted by atomic mass is 10.3. The van der Waals surface area contributed by atoms with E-state index in [0.29, 0.717) is 11.4 Å². The normalized spacial score (nSPS) is 10.6.